The first-order valence-electron chi connectivity index (χ1n) is 8.28. The van der Waals surface area contributed by atoms with Crippen LogP contribution >= 0.6 is 11.3 Å². The second kappa shape index (κ2) is 6.49. The molecule has 9 heteroatoms. The van der Waals surface area contributed by atoms with Gasteiger partial charge in [0.05, 0.1) is 17.5 Å². The number of thiazole rings is 1. The summed E-state index contributed by atoms with van der Waals surface area (Å²) in [5.74, 6) is -0.116. The monoisotopic (exact) mass is 392 g/mol. The van der Waals surface area contributed by atoms with Crippen molar-refractivity contribution < 1.29 is 18.0 Å². The Morgan fingerprint density at radius 1 is 1.26 bits per heavy atom. The van der Waals surface area contributed by atoms with Gasteiger partial charge in [0.1, 0.15) is 9.88 Å². The molecule has 0 saturated carbocycles. The lowest BCUT2D eigenvalue weighted by molar-refractivity contribution is -0.137. The maximum absolute atomic E-state index is 12.9. The highest BCUT2D eigenvalue weighted by Crippen LogP contribution is 2.33. The minimum absolute atomic E-state index is 0.116. The number of aryl methyl sites for hydroxylation is 1. The minimum Gasteiger partial charge on any atom is -0.333 e. The highest BCUT2D eigenvalue weighted by atomic mass is 32.1. The lowest BCUT2D eigenvalue weighted by Crippen LogP contribution is -2.35. The van der Waals surface area contributed by atoms with Gasteiger partial charge in [0.25, 0.3) is 5.91 Å². The molecule has 2 aromatic heterocycles. The third-order valence-electron chi connectivity index (χ3n) is 4.54. The van der Waals surface area contributed by atoms with Gasteiger partial charge in [0.15, 0.2) is 0 Å². The molecule has 1 N–H and O–H groups in total. The number of carbonyl (C=O) groups is 1. The molecule has 1 amide bonds. The Bertz CT molecular complexity index is 991. The van der Waals surface area contributed by atoms with E-state index in [4.69, 9.17) is 0 Å². The van der Waals surface area contributed by atoms with Crippen LogP contribution in [0.15, 0.2) is 30.5 Å². The lowest BCUT2D eigenvalue weighted by Gasteiger charge is -2.26. The van der Waals surface area contributed by atoms with E-state index in [2.05, 4.69) is 15.2 Å². The van der Waals surface area contributed by atoms with Gasteiger partial charge < -0.3 is 4.90 Å². The number of benzene rings is 1. The van der Waals surface area contributed by atoms with Crippen molar-refractivity contribution in [2.45, 2.75) is 26.1 Å². The van der Waals surface area contributed by atoms with Gasteiger partial charge in [0.2, 0.25) is 0 Å². The quantitative estimate of drug-likeness (QED) is 0.716. The number of alkyl halides is 3. The van der Waals surface area contributed by atoms with Crippen LogP contribution in [0.2, 0.25) is 0 Å². The average molecular weight is 392 g/mol. The third kappa shape index (κ3) is 3.34. The van der Waals surface area contributed by atoms with Gasteiger partial charge in [0, 0.05) is 36.3 Å². The number of aromatic nitrogens is 3. The predicted octanol–water partition coefficient (Wildman–Crippen LogP) is 4.06. The average Bonchev–Trinajstić information content (AvgIpc) is 3.26. The zero-order valence-electron chi connectivity index (χ0n) is 14.3. The summed E-state index contributed by atoms with van der Waals surface area (Å²) in [5, 5.41) is 7.47. The number of hydrogen-bond acceptors (Lipinski definition) is 4. The molecule has 140 valence electrons. The van der Waals surface area contributed by atoms with E-state index in [1.807, 2.05) is 0 Å². The van der Waals surface area contributed by atoms with Crippen molar-refractivity contribution in [1.82, 2.24) is 20.1 Å². The van der Waals surface area contributed by atoms with Gasteiger partial charge in [-0.15, -0.1) is 11.3 Å². The van der Waals surface area contributed by atoms with Gasteiger partial charge in [-0.3, -0.25) is 9.89 Å². The van der Waals surface area contributed by atoms with Crippen molar-refractivity contribution in [3.63, 3.8) is 0 Å². The Kier molecular flexibility index (Phi) is 4.26. The molecule has 0 fully saturated rings. The van der Waals surface area contributed by atoms with Crippen molar-refractivity contribution in [3.8, 4) is 10.6 Å². The fourth-order valence-corrected chi connectivity index (χ4v) is 4.10. The van der Waals surface area contributed by atoms with Crippen molar-refractivity contribution in [3.05, 3.63) is 57.9 Å². The predicted molar refractivity (Wildman–Crippen MR) is 94.3 cm³/mol. The highest BCUT2D eigenvalue weighted by molar-refractivity contribution is 7.17. The molecule has 0 bridgehead atoms. The molecular weight excluding hydrogens is 377 g/mol. The number of carbonyl (C=O) groups excluding carboxylic acids is 1. The summed E-state index contributed by atoms with van der Waals surface area (Å²) >= 11 is 1.20. The first kappa shape index (κ1) is 17.7. The second-order valence-electron chi connectivity index (χ2n) is 6.36. The maximum Gasteiger partial charge on any atom is 0.416 e. The molecule has 0 spiro atoms. The van der Waals surface area contributed by atoms with E-state index >= 15 is 0 Å². The summed E-state index contributed by atoms with van der Waals surface area (Å²) in [6.07, 6.45) is -1.94. The van der Waals surface area contributed by atoms with Crippen LogP contribution in [-0.4, -0.2) is 32.5 Å². The molecule has 1 aliphatic rings. The number of halogens is 3. The van der Waals surface area contributed by atoms with Crippen LogP contribution in [0, 0.1) is 6.92 Å². The summed E-state index contributed by atoms with van der Waals surface area (Å²) in [6.45, 7) is 2.81. The van der Waals surface area contributed by atoms with E-state index < -0.39 is 11.7 Å². The molecular formula is C18H15F3N4OS. The Hall–Kier alpha value is -2.68. The van der Waals surface area contributed by atoms with E-state index in [0.717, 1.165) is 23.4 Å². The number of nitrogens with zero attached hydrogens (tertiary/aromatic N) is 3. The summed E-state index contributed by atoms with van der Waals surface area (Å²) in [7, 11) is 0. The fraction of sp³-hybridized carbons (Fsp3) is 0.278. The Morgan fingerprint density at radius 2 is 2.00 bits per heavy atom. The van der Waals surface area contributed by atoms with Crippen molar-refractivity contribution in [2.24, 2.45) is 0 Å². The van der Waals surface area contributed by atoms with E-state index in [-0.39, 0.29) is 5.91 Å². The van der Waals surface area contributed by atoms with Crippen LogP contribution in [0.4, 0.5) is 13.2 Å². The van der Waals surface area contributed by atoms with E-state index in [9.17, 15) is 18.0 Å². The molecule has 3 heterocycles. The third-order valence-corrected chi connectivity index (χ3v) is 5.73. The van der Waals surface area contributed by atoms with Crippen LogP contribution in [0.25, 0.3) is 10.6 Å². The normalized spacial score (nSPS) is 14.3. The molecule has 1 aliphatic heterocycles. The lowest BCUT2D eigenvalue weighted by atomic mass is 10.1. The van der Waals surface area contributed by atoms with Gasteiger partial charge in [-0.1, -0.05) is 12.1 Å². The smallest absolute Gasteiger partial charge is 0.333 e. The molecule has 5 nitrogen and oxygen atoms in total. The summed E-state index contributed by atoms with van der Waals surface area (Å²) in [4.78, 5) is 19.5. The molecule has 0 radical (unpaired) electrons. The first-order chi connectivity index (χ1) is 12.8. The molecule has 0 saturated heterocycles. The first-order valence-corrected chi connectivity index (χ1v) is 9.10. The zero-order valence-corrected chi connectivity index (χ0v) is 15.1. The molecule has 0 unspecified atom stereocenters. The van der Waals surface area contributed by atoms with Crippen molar-refractivity contribution in [1.29, 1.82) is 0 Å². The van der Waals surface area contributed by atoms with Crippen molar-refractivity contribution in [2.75, 3.05) is 6.54 Å². The Balaban J connectivity index is 1.57. The maximum atomic E-state index is 12.9. The van der Waals surface area contributed by atoms with Gasteiger partial charge >= 0.3 is 6.18 Å². The summed E-state index contributed by atoms with van der Waals surface area (Å²) in [6, 6.07) is 4.82. The molecule has 4 rings (SSSR count). The van der Waals surface area contributed by atoms with E-state index in [1.165, 1.54) is 23.5 Å². The largest absolute Gasteiger partial charge is 0.416 e. The number of amides is 1. The number of fused-ring (bicyclic) bond motifs is 1. The number of H-pyrrole nitrogens is 1. The SMILES string of the molecule is Cc1nc(-c2ccc(C(F)(F)F)cc2)sc1C(=O)N1CCc2[nH]ncc2C1. The standard InChI is InChI=1S/C18H15F3N4OS/c1-10-15(17(26)25-7-6-14-12(9-25)8-22-24-14)27-16(23-10)11-2-4-13(5-3-11)18(19,20)21/h2-5,8H,6-7,9H2,1H3,(H,22,24). The second-order valence-corrected chi connectivity index (χ2v) is 7.36. The van der Waals surface area contributed by atoms with E-state index in [0.29, 0.717) is 40.7 Å². The molecule has 1 aromatic carbocycles. The highest BCUT2D eigenvalue weighted by Gasteiger charge is 2.30. The van der Waals surface area contributed by atoms with E-state index in [1.54, 1.807) is 18.0 Å². The topological polar surface area (TPSA) is 61.9 Å². The Morgan fingerprint density at radius 3 is 2.70 bits per heavy atom. The van der Waals surface area contributed by atoms with Crippen LogP contribution in [-0.2, 0) is 19.1 Å². The number of aromatic amines is 1. The molecule has 27 heavy (non-hydrogen) atoms. The van der Waals surface area contributed by atoms with Crippen LogP contribution in [0.3, 0.4) is 0 Å². The van der Waals surface area contributed by atoms with Gasteiger partial charge in [-0.2, -0.15) is 18.3 Å². The number of hydrogen-bond donors (Lipinski definition) is 1. The summed E-state index contributed by atoms with van der Waals surface area (Å²) < 4.78 is 38.1. The Labute approximate surface area is 156 Å². The molecule has 3 aromatic rings. The number of rotatable bonds is 2. The molecule has 0 aliphatic carbocycles. The van der Waals surface area contributed by atoms with Gasteiger partial charge in [-0.05, 0) is 19.1 Å². The van der Waals surface area contributed by atoms with Crippen LogP contribution in [0.5, 0.6) is 0 Å². The summed E-state index contributed by atoms with van der Waals surface area (Å²) in [5.41, 5.74) is 2.48. The fourth-order valence-electron chi connectivity index (χ4n) is 3.06. The zero-order chi connectivity index (χ0) is 19.2. The van der Waals surface area contributed by atoms with Crippen molar-refractivity contribution >= 4 is 17.2 Å². The molecule has 0 atom stereocenters. The number of nitrogens with one attached hydrogen (secondary N) is 1. The van der Waals surface area contributed by atoms with Crippen LogP contribution in [0.1, 0.15) is 32.2 Å². The van der Waals surface area contributed by atoms with Crippen LogP contribution < -0.4 is 0 Å². The minimum atomic E-state index is -4.38. The van der Waals surface area contributed by atoms with Gasteiger partial charge in [-0.25, -0.2) is 4.98 Å².